The van der Waals surface area contributed by atoms with Gasteiger partial charge >= 0.3 is 12.1 Å². The molecule has 1 aromatic rings. The maximum Gasteiger partial charge on any atom is 0.404 e. The molecule has 0 saturated carbocycles. The Kier molecular flexibility index (Phi) is 3.90. The molecule has 1 aliphatic rings. The van der Waals surface area contributed by atoms with Gasteiger partial charge in [-0.2, -0.15) is 18.3 Å². The highest BCUT2D eigenvalue weighted by Crippen LogP contribution is 2.43. The lowest BCUT2D eigenvalue weighted by Crippen LogP contribution is -2.49. The van der Waals surface area contributed by atoms with Crippen molar-refractivity contribution in [3.05, 3.63) is 12.4 Å². The summed E-state index contributed by atoms with van der Waals surface area (Å²) in [5, 5.41) is 16.9. The van der Waals surface area contributed by atoms with Crippen LogP contribution < -0.4 is 10.6 Å². The number of amides is 1. The second kappa shape index (κ2) is 5.35. The minimum Gasteiger partial charge on any atom is -0.480 e. The van der Waals surface area contributed by atoms with Crippen LogP contribution in [0, 0.1) is 5.41 Å². The maximum absolute atomic E-state index is 13.1. The summed E-state index contributed by atoms with van der Waals surface area (Å²) in [6, 6.07) is 0. The van der Waals surface area contributed by atoms with Gasteiger partial charge in [-0.05, 0) is 13.0 Å². The fourth-order valence-corrected chi connectivity index (χ4v) is 2.16. The van der Waals surface area contributed by atoms with E-state index in [4.69, 9.17) is 5.11 Å². The van der Waals surface area contributed by atoms with Gasteiger partial charge in [0.1, 0.15) is 6.54 Å². The van der Waals surface area contributed by atoms with Crippen molar-refractivity contribution < 1.29 is 27.9 Å². The number of aliphatic carboxylic acids is 1. The Morgan fingerprint density at radius 2 is 2.24 bits per heavy atom. The molecule has 116 valence electrons. The summed E-state index contributed by atoms with van der Waals surface area (Å²) in [6.07, 6.45) is -2.74. The van der Waals surface area contributed by atoms with Gasteiger partial charge in [-0.25, -0.2) is 0 Å². The Morgan fingerprint density at radius 1 is 1.52 bits per heavy atom. The number of carbonyl (C=O) groups is 2. The quantitative estimate of drug-likeness (QED) is 0.750. The van der Waals surface area contributed by atoms with E-state index in [1.54, 1.807) is 0 Å². The van der Waals surface area contributed by atoms with Gasteiger partial charge in [-0.15, -0.1) is 0 Å². The minimum atomic E-state index is -4.67. The SMILES string of the molecule is O=C(O)Cn1cc(NC(=O)C2(C(F)(F)F)CCNC2)cn1. The van der Waals surface area contributed by atoms with Crippen molar-refractivity contribution in [3.8, 4) is 0 Å². The number of hydrogen-bond acceptors (Lipinski definition) is 4. The highest BCUT2D eigenvalue weighted by molar-refractivity contribution is 5.96. The monoisotopic (exact) mass is 306 g/mol. The number of carboxylic acid groups (broad SMARTS) is 1. The van der Waals surface area contributed by atoms with Crippen molar-refractivity contribution in [2.75, 3.05) is 18.4 Å². The first-order valence-corrected chi connectivity index (χ1v) is 6.08. The normalized spacial score (nSPS) is 22.2. The topological polar surface area (TPSA) is 96.2 Å². The molecule has 2 rings (SSSR count). The number of nitrogens with one attached hydrogen (secondary N) is 2. The molecule has 1 aromatic heterocycles. The number of aromatic nitrogens is 2. The molecule has 1 atom stereocenters. The Labute approximate surface area is 117 Å². The van der Waals surface area contributed by atoms with Crippen LogP contribution in [-0.2, 0) is 16.1 Å². The van der Waals surface area contributed by atoms with Crippen LogP contribution in [0.25, 0.3) is 0 Å². The molecule has 7 nitrogen and oxygen atoms in total. The zero-order valence-electron chi connectivity index (χ0n) is 10.8. The van der Waals surface area contributed by atoms with Gasteiger partial charge in [0.2, 0.25) is 5.91 Å². The van der Waals surface area contributed by atoms with Crippen LogP contribution in [0.1, 0.15) is 6.42 Å². The fourth-order valence-electron chi connectivity index (χ4n) is 2.16. The molecule has 10 heteroatoms. The van der Waals surface area contributed by atoms with Crippen molar-refractivity contribution in [1.29, 1.82) is 0 Å². The van der Waals surface area contributed by atoms with Gasteiger partial charge in [-0.1, -0.05) is 0 Å². The number of carbonyl (C=O) groups excluding carboxylic acids is 1. The molecule has 3 N–H and O–H groups in total. The van der Waals surface area contributed by atoms with E-state index in [1.165, 1.54) is 6.20 Å². The summed E-state index contributed by atoms with van der Waals surface area (Å²) < 4.78 is 40.4. The standard InChI is InChI=1S/C11H13F3N4O3/c12-11(13,14)10(1-2-15-6-10)9(21)17-7-3-16-18(4-7)5-8(19)20/h3-4,15H,1-2,5-6H2,(H,17,21)(H,19,20). The Bertz CT molecular complexity index is 549. The third-order valence-electron chi connectivity index (χ3n) is 3.32. The molecule has 21 heavy (non-hydrogen) atoms. The molecule has 0 aromatic carbocycles. The molecule has 1 amide bonds. The van der Waals surface area contributed by atoms with Gasteiger partial charge < -0.3 is 15.7 Å². The van der Waals surface area contributed by atoms with Gasteiger partial charge in [0.25, 0.3) is 0 Å². The van der Waals surface area contributed by atoms with Crippen molar-refractivity contribution in [2.45, 2.75) is 19.1 Å². The van der Waals surface area contributed by atoms with E-state index in [9.17, 15) is 22.8 Å². The summed E-state index contributed by atoms with van der Waals surface area (Å²) in [5.74, 6) is -2.32. The Balaban J connectivity index is 2.13. The molecule has 1 saturated heterocycles. The lowest BCUT2D eigenvalue weighted by atomic mass is 9.85. The predicted molar refractivity (Wildman–Crippen MR) is 64.5 cm³/mol. The maximum atomic E-state index is 13.1. The van der Waals surface area contributed by atoms with Crippen molar-refractivity contribution in [3.63, 3.8) is 0 Å². The van der Waals surface area contributed by atoms with Crippen LogP contribution in [0.2, 0.25) is 0 Å². The summed E-state index contributed by atoms with van der Waals surface area (Å²) >= 11 is 0. The number of halogens is 3. The molecule has 1 unspecified atom stereocenters. The summed E-state index contributed by atoms with van der Waals surface area (Å²) in [4.78, 5) is 22.5. The largest absolute Gasteiger partial charge is 0.480 e. The molecule has 1 aliphatic heterocycles. The number of rotatable bonds is 4. The molecule has 0 radical (unpaired) electrons. The van der Waals surface area contributed by atoms with Gasteiger partial charge in [-0.3, -0.25) is 14.3 Å². The molecule has 0 aliphatic carbocycles. The van der Waals surface area contributed by atoms with E-state index in [1.807, 2.05) is 0 Å². The van der Waals surface area contributed by atoms with Gasteiger partial charge in [0, 0.05) is 12.7 Å². The van der Waals surface area contributed by atoms with E-state index < -0.39 is 36.6 Å². The van der Waals surface area contributed by atoms with Crippen LogP contribution >= 0.6 is 0 Å². The minimum absolute atomic E-state index is 0.0248. The van der Waals surface area contributed by atoms with Crippen LogP contribution in [0.15, 0.2) is 12.4 Å². The smallest absolute Gasteiger partial charge is 0.404 e. The van der Waals surface area contributed by atoms with Crippen LogP contribution in [-0.4, -0.2) is 46.0 Å². The number of hydrogen-bond donors (Lipinski definition) is 3. The van der Waals surface area contributed by atoms with E-state index >= 15 is 0 Å². The average Bonchev–Trinajstić information content (AvgIpc) is 2.96. The first-order valence-electron chi connectivity index (χ1n) is 6.08. The second-order valence-corrected chi connectivity index (χ2v) is 4.78. The fraction of sp³-hybridized carbons (Fsp3) is 0.545. The van der Waals surface area contributed by atoms with Crippen LogP contribution in [0.5, 0.6) is 0 Å². The zero-order valence-corrected chi connectivity index (χ0v) is 10.8. The van der Waals surface area contributed by atoms with E-state index in [0.29, 0.717) is 0 Å². The number of carboxylic acids is 1. The third-order valence-corrected chi connectivity index (χ3v) is 3.32. The molecular weight excluding hydrogens is 293 g/mol. The average molecular weight is 306 g/mol. The zero-order chi connectivity index (χ0) is 15.7. The molecule has 1 fully saturated rings. The van der Waals surface area contributed by atoms with Crippen LogP contribution in [0.4, 0.5) is 18.9 Å². The molecular formula is C11H13F3N4O3. The van der Waals surface area contributed by atoms with E-state index in [-0.39, 0.29) is 18.7 Å². The third kappa shape index (κ3) is 2.99. The van der Waals surface area contributed by atoms with E-state index in [2.05, 4.69) is 15.7 Å². The highest BCUT2D eigenvalue weighted by Gasteiger charge is 2.61. The summed E-state index contributed by atoms with van der Waals surface area (Å²) in [5.41, 5.74) is -2.45. The molecule has 0 bridgehead atoms. The van der Waals surface area contributed by atoms with Gasteiger partial charge in [0.15, 0.2) is 5.41 Å². The molecule has 0 spiro atoms. The first kappa shape index (κ1) is 15.3. The number of anilines is 1. The number of alkyl halides is 3. The van der Waals surface area contributed by atoms with Gasteiger partial charge in [0.05, 0.1) is 11.9 Å². The number of nitrogens with zero attached hydrogens (tertiary/aromatic N) is 2. The lowest BCUT2D eigenvalue weighted by molar-refractivity contribution is -0.213. The second-order valence-electron chi connectivity index (χ2n) is 4.78. The highest BCUT2D eigenvalue weighted by atomic mass is 19.4. The Hall–Kier alpha value is -2.10. The summed E-state index contributed by atoms with van der Waals surface area (Å²) in [7, 11) is 0. The molecule has 2 heterocycles. The van der Waals surface area contributed by atoms with Crippen LogP contribution in [0.3, 0.4) is 0 Å². The lowest BCUT2D eigenvalue weighted by Gasteiger charge is -2.29. The summed E-state index contributed by atoms with van der Waals surface area (Å²) in [6.45, 7) is -0.821. The van der Waals surface area contributed by atoms with Crippen molar-refractivity contribution in [1.82, 2.24) is 15.1 Å². The first-order chi connectivity index (χ1) is 9.74. The van der Waals surface area contributed by atoms with Crippen molar-refractivity contribution >= 4 is 17.6 Å². The van der Waals surface area contributed by atoms with Crippen molar-refractivity contribution in [2.24, 2.45) is 5.41 Å². The Morgan fingerprint density at radius 3 is 2.76 bits per heavy atom. The predicted octanol–water partition coefficient (Wildman–Crippen LogP) is 0.448. The van der Waals surface area contributed by atoms with E-state index in [0.717, 1.165) is 10.9 Å².